The van der Waals surface area contributed by atoms with Crippen LogP contribution in [-0.4, -0.2) is 39.3 Å². The molecule has 5 aromatic rings. The second kappa shape index (κ2) is 12.7. The van der Waals surface area contributed by atoms with Crippen molar-refractivity contribution in [3.8, 4) is 11.4 Å². The Morgan fingerprint density at radius 1 is 1.07 bits per heavy atom. The van der Waals surface area contributed by atoms with Crippen molar-refractivity contribution in [2.45, 2.75) is 31.6 Å². The molecule has 0 aliphatic carbocycles. The molecule has 0 fully saturated rings. The third-order valence-corrected chi connectivity index (χ3v) is 9.44. The van der Waals surface area contributed by atoms with Crippen LogP contribution in [0, 0.1) is 0 Å². The van der Waals surface area contributed by atoms with Gasteiger partial charge in [-0.2, -0.15) is 0 Å². The first-order valence-electron chi connectivity index (χ1n) is 13.7. The van der Waals surface area contributed by atoms with Gasteiger partial charge in [-0.1, -0.05) is 65.8 Å². The van der Waals surface area contributed by atoms with Gasteiger partial charge in [0.05, 0.1) is 34.1 Å². The molecular formula is C32H29ClN4O3S2. The molecule has 0 saturated carbocycles. The fourth-order valence-electron chi connectivity index (χ4n) is 5.11. The molecule has 0 radical (unpaired) electrons. The van der Waals surface area contributed by atoms with Gasteiger partial charge in [-0.25, -0.2) is 4.98 Å². The van der Waals surface area contributed by atoms with Crippen molar-refractivity contribution in [1.29, 1.82) is 0 Å². The predicted molar refractivity (Wildman–Crippen MR) is 171 cm³/mol. The molecule has 42 heavy (non-hydrogen) atoms. The molecule has 1 N–H and O–H groups in total. The van der Waals surface area contributed by atoms with E-state index in [2.05, 4.69) is 34.5 Å². The Morgan fingerprint density at radius 2 is 1.83 bits per heavy atom. The van der Waals surface area contributed by atoms with Crippen LogP contribution in [0.2, 0.25) is 5.02 Å². The molecule has 214 valence electrons. The number of aromatic nitrogens is 2. The first-order chi connectivity index (χ1) is 20.5. The zero-order valence-corrected chi connectivity index (χ0v) is 25.4. The van der Waals surface area contributed by atoms with Gasteiger partial charge < -0.3 is 10.1 Å². The van der Waals surface area contributed by atoms with Gasteiger partial charge in [-0.05, 0) is 60.9 Å². The van der Waals surface area contributed by atoms with Gasteiger partial charge in [0.1, 0.15) is 10.6 Å². The third-order valence-electron chi connectivity index (χ3n) is 7.06. The number of anilines is 1. The van der Waals surface area contributed by atoms with E-state index in [1.165, 1.54) is 22.2 Å². The van der Waals surface area contributed by atoms with E-state index in [9.17, 15) is 9.59 Å². The summed E-state index contributed by atoms with van der Waals surface area (Å²) in [6.07, 6.45) is 0.787. The number of halogens is 1. The normalized spacial score (nSPS) is 13.2. The lowest BCUT2D eigenvalue weighted by atomic mass is 10.0. The molecule has 3 aromatic carbocycles. The smallest absolute Gasteiger partial charge is 0.267 e. The van der Waals surface area contributed by atoms with Gasteiger partial charge in [0.25, 0.3) is 5.56 Å². The fraction of sp³-hybridized carbons (Fsp3) is 0.219. The Bertz CT molecular complexity index is 1790. The van der Waals surface area contributed by atoms with Gasteiger partial charge in [0.15, 0.2) is 5.16 Å². The number of hydrogen-bond acceptors (Lipinski definition) is 7. The monoisotopic (exact) mass is 616 g/mol. The van der Waals surface area contributed by atoms with E-state index in [4.69, 9.17) is 21.3 Å². The van der Waals surface area contributed by atoms with Gasteiger partial charge in [0, 0.05) is 24.5 Å². The first-order valence-corrected chi connectivity index (χ1v) is 15.9. The summed E-state index contributed by atoms with van der Waals surface area (Å²) in [7, 11) is 0. The maximum Gasteiger partial charge on any atom is 0.267 e. The molecule has 0 unspecified atom stereocenters. The summed E-state index contributed by atoms with van der Waals surface area (Å²) in [6, 6.07) is 24.9. The summed E-state index contributed by atoms with van der Waals surface area (Å²) in [5.41, 5.74) is 3.46. The highest BCUT2D eigenvalue weighted by molar-refractivity contribution is 7.99. The van der Waals surface area contributed by atoms with E-state index >= 15 is 0 Å². The molecule has 0 spiro atoms. The van der Waals surface area contributed by atoms with Crippen LogP contribution in [0.1, 0.15) is 22.9 Å². The average Bonchev–Trinajstić information content (AvgIpc) is 3.36. The van der Waals surface area contributed by atoms with E-state index in [1.807, 2.05) is 49.4 Å². The summed E-state index contributed by atoms with van der Waals surface area (Å²) in [4.78, 5) is 36.3. The Labute approximate surface area is 257 Å². The number of para-hydroxylation sites is 1. The number of thiophene rings is 1. The maximum atomic E-state index is 14.2. The Morgan fingerprint density at radius 3 is 2.60 bits per heavy atom. The zero-order chi connectivity index (χ0) is 29.1. The lowest BCUT2D eigenvalue weighted by Crippen LogP contribution is -2.30. The Hall–Kier alpha value is -3.63. The van der Waals surface area contributed by atoms with E-state index in [0.717, 1.165) is 37.4 Å². The topological polar surface area (TPSA) is 76.5 Å². The molecule has 1 aliphatic heterocycles. The molecule has 7 nitrogen and oxygen atoms in total. The average molecular weight is 617 g/mol. The Kier molecular flexibility index (Phi) is 8.62. The molecule has 10 heteroatoms. The van der Waals surface area contributed by atoms with E-state index in [0.29, 0.717) is 38.4 Å². The number of fused-ring (bicyclic) bond motifs is 3. The summed E-state index contributed by atoms with van der Waals surface area (Å²) in [5, 5.41) is 4.45. The quantitative estimate of drug-likeness (QED) is 0.145. The molecular weight excluding hydrogens is 588 g/mol. The number of carbonyl (C=O) groups is 1. The van der Waals surface area contributed by atoms with Gasteiger partial charge in [-0.3, -0.25) is 19.1 Å². The number of hydrogen-bond donors (Lipinski definition) is 1. The zero-order valence-electron chi connectivity index (χ0n) is 23.0. The van der Waals surface area contributed by atoms with Crippen LogP contribution >= 0.6 is 34.7 Å². The lowest BCUT2D eigenvalue weighted by molar-refractivity contribution is -0.113. The first kappa shape index (κ1) is 28.5. The van der Waals surface area contributed by atoms with Crippen molar-refractivity contribution in [2.75, 3.05) is 24.2 Å². The van der Waals surface area contributed by atoms with Crippen LogP contribution in [-0.2, 0) is 24.3 Å². The van der Waals surface area contributed by atoms with Crippen molar-refractivity contribution in [3.63, 3.8) is 0 Å². The number of nitrogens with zero attached hydrogens (tertiary/aromatic N) is 3. The molecule has 0 saturated heterocycles. The minimum atomic E-state index is -0.234. The number of thioether (sulfide) groups is 1. The highest BCUT2D eigenvalue weighted by Gasteiger charge is 2.26. The second-order valence-corrected chi connectivity index (χ2v) is 12.3. The maximum absolute atomic E-state index is 14.2. The van der Waals surface area contributed by atoms with Crippen molar-refractivity contribution in [3.05, 3.63) is 110 Å². The molecule has 0 atom stereocenters. The van der Waals surface area contributed by atoms with E-state index < -0.39 is 0 Å². The number of benzene rings is 3. The van der Waals surface area contributed by atoms with Crippen LogP contribution in [0.3, 0.4) is 0 Å². The second-order valence-electron chi connectivity index (χ2n) is 9.91. The molecule has 1 amide bonds. The van der Waals surface area contributed by atoms with Crippen LogP contribution in [0.5, 0.6) is 5.75 Å². The highest BCUT2D eigenvalue weighted by atomic mass is 35.5. The van der Waals surface area contributed by atoms with Crippen LogP contribution < -0.4 is 15.6 Å². The van der Waals surface area contributed by atoms with Crippen LogP contribution in [0.25, 0.3) is 15.9 Å². The molecule has 2 aromatic heterocycles. The predicted octanol–water partition coefficient (Wildman–Crippen LogP) is 6.79. The van der Waals surface area contributed by atoms with E-state index in [-0.39, 0.29) is 17.2 Å². The number of nitrogens with one attached hydrogen (secondary N) is 1. The van der Waals surface area contributed by atoms with Crippen molar-refractivity contribution in [2.24, 2.45) is 0 Å². The number of rotatable bonds is 9. The van der Waals surface area contributed by atoms with Gasteiger partial charge in [0.2, 0.25) is 5.91 Å². The minimum Gasteiger partial charge on any atom is -0.494 e. The van der Waals surface area contributed by atoms with Gasteiger partial charge in [-0.15, -0.1) is 11.3 Å². The highest BCUT2D eigenvalue weighted by Crippen LogP contribution is 2.35. The van der Waals surface area contributed by atoms with Crippen molar-refractivity contribution >= 4 is 56.5 Å². The summed E-state index contributed by atoms with van der Waals surface area (Å²) in [6.45, 7) is 4.99. The summed E-state index contributed by atoms with van der Waals surface area (Å²) >= 11 is 9.03. The van der Waals surface area contributed by atoms with Crippen LogP contribution in [0.15, 0.2) is 88.8 Å². The number of amides is 1. The standard InChI is InChI=1S/C32H29ClN4O3S2/c1-2-40-23-14-12-22(13-15-23)37-31(39)29-24-16-17-36(18-21-8-4-3-5-9-21)19-27(24)42-30(29)35-32(37)41-20-28(38)34-26-11-7-6-10-25(26)33/h3-15H,2,16-20H2,1H3,(H,34,38). The SMILES string of the molecule is CCOc1ccc(-n2c(SCC(=O)Nc3ccccc3Cl)nc3sc4c(c3c2=O)CCN(Cc2ccccc2)C4)cc1. The van der Waals surface area contributed by atoms with Crippen molar-refractivity contribution < 1.29 is 9.53 Å². The molecule has 3 heterocycles. The van der Waals surface area contributed by atoms with Gasteiger partial charge >= 0.3 is 0 Å². The number of ether oxygens (including phenoxy) is 1. The molecule has 1 aliphatic rings. The van der Waals surface area contributed by atoms with Crippen molar-refractivity contribution in [1.82, 2.24) is 14.5 Å². The molecule has 6 rings (SSSR count). The minimum absolute atomic E-state index is 0.0656. The van der Waals surface area contributed by atoms with Crippen LogP contribution in [0.4, 0.5) is 5.69 Å². The lowest BCUT2D eigenvalue weighted by Gasteiger charge is -2.26. The van der Waals surface area contributed by atoms with E-state index in [1.54, 1.807) is 28.0 Å². The Balaban J connectivity index is 1.34. The number of carbonyl (C=O) groups excluding carboxylic acids is 1. The molecule has 0 bridgehead atoms. The fourth-order valence-corrected chi connectivity index (χ4v) is 7.41. The third kappa shape index (κ3) is 6.10. The largest absolute Gasteiger partial charge is 0.494 e. The summed E-state index contributed by atoms with van der Waals surface area (Å²) in [5.74, 6) is 0.557. The summed E-state index contributed by atoms with van der Waals surface area (Å²) < 4.78 is 7.23.